The van der Waals surface area contributed by atoms with Crippen molar-refractivity contribution in [1.29, 1.82) is 0 Å². The summed E-state index contributed by atoms with van der Waals surface area (Å²) in [6.45, 7) is 15.9. The van der Waals surface area contributed by atoms with Crippen molar-refractivity contribution in [3.63, 3.8) is 0 Å². The minimum absolute atomic E-state index is 0.0755. The molecule has 8 heteroatoms. The Labute approximate surface area is 251 Å². The third-order valence-electron chi connectivity index (χ3n) is 7.11. The SMILES string of the molecule is CCCCCCOC1COc2cc(C(C)(C)C)ccc2OCC(OCC(=O)O)COc2ccc(C(C)(C)C)cc2OC1. The van der Waals surface area contributed by atoms with E-state index in [0.717, 1.165) is 30.4 Å². The van der Waals surface area contributed by atoms with E-state index in [1.807, 2.05) is 36.4 Å². The van der Waals surface area contributed by atoms with E-state index in [4.69, 9.17) is 28.4 Å². The molecule has 0 atom stereocenters. The van der Waals surface area contributed by atoms with Gasteiger partial charge in [-0.25, -0.2) is 4.79 Å². The first-order chi connectivity index (χ1) is 19.9. The molecule has 0 radical (unpaired) electrons. The number of aliphatic carboxylic acids is 1. The zero-order valence-corrected chi connectivity index (χ0v) is 26.5. The third kappa shape index (κ3) is 10.7. The second kappa shape index (κ2) is 15.5. The largest absolute Gasteiger partial charge is 0.487 e. The summed E-state index contributed by atoms with van der Waals surface area (Å²) in [4.78, 5) is 11.3. The number of hydrogen-bond donors (Lipinski definition) is 1. The highest BCUT2D eigenvalue weighted by Crippen LogP contribution is 2.36. The molecule has 1 aliphatic rings. The Hall–Kier alpha value is -2.97. The summed E-state index contributed by atoms with van der Waals surface area (Å²) in [6.07, 6.45) is 3.47. The summed E-state index contributed by atoms with van der Waals surface area (Å²) >= 11 is 0. The average Bonchev–Trinajstić information content (AvgIpc) is 2.92. The van der Waals surface area contributed by atoms with Gasteiger partial charge in [0, 0.05) is 6.61 Å². The van der Waals surface area contributed by atoms with Gasteiger partial charge in [-0.3, -0.25) is 0 Å². The predicted molar refractivity (Wildman–Crippen MR) is 164 cm³/mol. The van der Waals surface area contributed by atoms with E-state index in [1.165, 1.54) is 6.42 Å². The molecule has 0 saturated carbocycles. The molecule has 3 rings (SSSR count). The molecule has 0 amide bonds. The third-order valence-corrected chi connectivity index (χ3v) is 7.11. The van der Waals surface area contributed by atoms with Crippen LogP contribution < -0.4 is 18.9 Å². The van der Waals surface area contributed by atoms with Crippen molar-refractivity contribution >= 4 is 5.97 Å². The fourth-order valence-corrected chi connectivity index (χ4v) is 4.40. The second-order valence-corrected chi connectivity index (χ2v) is 12.9. The molecular weight excluding hydrogens is 536 g/mol. The van der Waals surface area contributed by atoms with E-state index in [1.54, 1.807) is 0 Å². The molecule has 0 aromatic heterocycles. The standard InChI is InChI=1S/C34H50O8/c1-8-9-10-11-16-37-26-19-41-30-17-24(33(2,3)4)12-14-28(30)39-21-27(38-23-32(35)36)22-40-29-15-13-25(34(5,6)7)18-31(29)42-20-26/h12-15,17-18,26-27H,8-11,16,19-23H2,1-7H3,(H,35,36). The quantitative estimate of drug-likeness (QED) is 0.316. The van der Waals surface area contributed by atoms with Crippen LogP contribution in [0.1, 0.15) is 85.3 Å². The van der Waals surface area contributed by atoms with Crippen molar-refractivity contribution < 1.29 is 38.3 Å². The van der Waals surface area contributed by atoms with Gasteiger partial charge in [0.15, 0.2) is 23.0 Å². The van der Waals surface area contributed by atoms with E-state index < -0.39 is 18.7 Å². The molecule has 1 N–H and O–H groups in total. The summed E-state index contributed by atoms with van der Waals surface area (Å²) in [7, 11) is 0. The Morgan fingerprint density at radius 3 is 1.60 bits per heavy atom. The molecular formula is C34H50O8. The molecule has 0 bridgehead atoms. The van der Waals surface area contributed by atoms with Crippen LogP contribution >= 0.6 is 0 Å². The van der Waals surface area contributed by atoms with Crippen molar-refractivity contribution in [3.8, 4) is 23.0 Å². The Balaban J connectivity index is 1.93. The number of unbranched alkanes of at least 4 members (excludes halogenated alkanes) is 3. The number of carbonyl (C=O) groups is 1. The van der Waals surface area contributed by atoms with Crippen LogP contribution in [0.5, 0.6) is 23.0 Å². The first kappa shape index (κ1) is 33.5. The number of fused-ring (bicyclic) bond motifs is 2. The van der Waals surface area contributed by atoms with Gasteiger partial charge in [0.25, 0.3) is 0 Å². The number of carboxylic acid groups (broad SMARTS) is 1. The molecule has 0 saturated heterocycles. The van der Waals surface area contributed by atoms with Gasteiger partial charge in [-0.15, -0.1) is 0 Å². The zero-order chi connectivity index (χ0) is 30.8. The van der Waals surface area contributed by atoms with Crippen molar-refractivity contribution in [3.05, 3.63) is 47.5 Å². The van der Waals surface area contributed by atoms with Crippen LogP contribution in [0.25, 0.3) is 0 Å². The predicted octanol–water partition coefficient (Wildman–Crippen LogP) is 6.95. The maximum Gasteiger partial charge on any atom is 0.329 e. The lowest BCUT2D eigenvalue weighted by molar-refractivity contribution is -0.145. The molecule has 2 aromatic rings. The fraction of sp³-hybridized carbons (Fsp3) is 0.618. The van der Waals surface area contributed by atoms with Crippen LogP contribution in [0.2, 0.25) is 0 Å². The second-order valence-electron chi connectivity index (χ2n) is 12.9. The molecule has 1 aliphatic heterocycles. The summed E-state index contributed by atoms with van der Waals surface area (Å²) in [5, 5.41) is 9.22. The first-order valence-corrected chi connectivity index (χ1v) is 15.1. The molecule has 2 aromatic carbocycles. The Morgan fingerprint density at radius 2 is 1.17 bits per heavy atom. The molecule has 0 unspecified atom stereocenters. The number of carboxylic acids is 1. The highest BCUT2D eigenvalue weighted by molar-refractivity contribution is 5.68. The van der Waals surface area contributed by atoms with Gasteiger partial charge in [0.05, 0.1) is 0 Å². The molecule has 0 spiro atoms. The van der Waals surface area contributed by atoms with Crippen LogP contribution in [-0.2, 0) is 25.1 Å². The lowest BCUT2D eigenvalue weighted by Gasteiger charge is -2.26. The highest BCUT2D eigenvalue weighted by atomic mass is 16.6. The maximum atomic E-state index is 11.3. The molecule has 234 valence electrons. The van der Waals surface area contributed by atoms with Crippen molar-refractivity contribution in [2.45, 2.75) is 97.2 Å². The summed E-state index contributed by atoms with van der Waals surface area (Å²) < 4.78 is 37.0. The first-order valence-electron chi connectivity index (χ1n) is 15.1. The Morgan fingerprint density at radius 1 is 0.714 bits per heavy atom. The van der Waals surface area contributed by atoms with E-state index >= 15 is 0 Å². The van der Waals surface area contributed by atoms with Crippen LogP contribution in [0.4, 0.5) is 0 Å². The Kier molecular flexibility index (Phi) is 12.4. The van der Waals surface area contributed by atoms with E-state index in [-0.39, 0.29) is 43.4 Å². The van der Waals surface area contributed by atoms with E-state index in [9.17, 15) is 9.90 Å². The van der Waals surface area contributed by atoms with Crippen molar-refractivity contribution in [2.24, 2.45) is 0 Å². The number of ether oxygens (including phenoxy) is 6. The monoisotopic (exact) mass is 586 g/mol. The topological polar surface area (TPSA) is 92.7 Å². The van der Waals surface area contributed by atoms with Gasteiger partial charge in [0.2, 0.25) is 0 Å². The van der Waals surface area contributed by atoms with Gasteiger partial charge < -0.3 is 33.5 Å². The molecule has 42 heavy (non-hydrogen) atoms. The molecule has 1 heterocycles. The van der Waals surface area contributed by atoms with Gasteiger partial charge >= 0.3 is 5.97 Å². The van der Waals surface area contributed by atoms with E-state index in [2.05, 4.69) is 48.5 Å². The van der Waals surface area contributed by atoms with Gasteiger partial charge in [-0.05, 0) is 52.6 Å². The molecule has 0 aliphatic carbocycles. The normalized spacial score (nSPS) is 18.3. The zero-order valence-electron chi connectivity index (χ0n) is 26.5. The molecule has 8 nitrogen and oxygen atoms in total. The summed E-state index contributed by atoms with van der Waals surface area (Å²) in [5.74, 6) is 1.20. The Bertz CT molecular complexity index is 1060. The van der Waals surface area contributed by atoms with Gasteiger partial charge in [-0.1, -0.05) is 79.9 Å². The van der Waals surface area contributed by atoms with Crippen LogP contribution in [0.3, 0.4) is 0 Å². The minimum Gasteiger partial charge on any atom is -0.487 e. The summed E-state index contributed by atoms with van der Waals surface area (Å²) in [6, 6.07) is 11.8. The summed E-state index contributed by atoms with van der Waals surface area (Å²) in [5.41, 5.74) is 2.02. The lowest BCUT2D eigenvalue weighted by Crippen LogP contribution is -2.32. The maximum absolute atomic E-state index is 11.3. The van der Waals surface area contributed by atoms with E-state index in [0.29, 0.717) is 29.6 Å². The highest BCUT2D eigenvalue weighted by Gasteiger charge is 2.23. The lowest BCUT2D eigenvalue weighted by atomic mass is 9.87. The fourth-order valence-electron chi connectivity index (χ4n) is 4.40. The van der Waals surface area contributed by atoms with Crippen molar-refractivity contribution in [2.75, 3.05) is 39.6 Å². The minimum atomic E-state index is -1.06. The molecule has 0 fully saturated rings. The van der Waals surface area contributed by atoms with Crippen molar-refractivity contribution in [1.82, 2.24) is 0 Å². The van der Waals surface area contributed by atoms with Gasteiger partial charge in [0.1, 0.15) is 45.2 Å². The smallest absolute Gasteiger partial charge is 0.329 e. The average molecular weight is 587 g/mol. The number of rotatable bonds is 9. The van der Waals surface area contributed by atoms with Crippen LogP contribution in [0, 0.1) is 0 Å². The number of hydrogen-bond acceptors (Lipinski definition) is 7. The van der Waals surface area contributed by atoms with Crippen LogP contribution in [-0.4, -0.2) is 62.9 Å². The van der Waals surface area contributed by atoms with Crippen LogP contribution in [0.15, 0.2) is 36.4 Å². The number of benzene rings is 2. The van der Waals surface area contributed by atoms with Gasteiger partial charge in [-0.2, -0.15) is 0 Å².